The first-order valence-electron chi connectivity index (χ1n) is 6.62. The fourth-order valence-corrected chi connectivity index (χ4v) is 1.86. The highest BCUT2D eigenvalue weighted by Crippen LogP contribution is 2.18. The van der Waals surface area contributed by atoms with Gasteiger partial charge >= 0.3 is 5.97 Å². The van der Waals surface area contributed by atoms with Crippen molar-refractivity contribution in [2.45, 2.75) is 0 Å². The third-order valence-corrected chi connectivity index (χ3v) is 2.92. The van der Waals surface area contributed by atoms with Gasteiger partial charge in [-0.1, -0.05) is 18.2 Å². The summed E-state index contributed by atoms with van der Waals surface area (Å²) in [5, 5.41) is 8.88. The molecule has 2 rings (SSSR count). The molecule has 0 aliphatic carbocycles. The molecule has 1 aromatic carbocycles. The standard InChI is InChI=1S/C15H16N2O5/c1-21-8-7-17(9-13(18)19)15(20)12-10-22-14(16-12)11-5-3-2-4-6-11/h2-6,10H,7-9H2,1H3,(H,18,19). The molecule has 0 fully saturated rings. The number of oxazole rings is 1. The van der Waals surface area contributed by atoms with E-state index >= 15 is 0 Å². The van der Waals surface area contributed by atoms with E-state index in [9.17, 15) is 9.59 Å². The number of rotatable bonds is 7. The van der Waals surface area contributed by atoms with Crippen molar-refractivity contribution in [3.05, 3.63) is 42.3 Å². The number of carbonyl (C=O) groups excluding carboxylic acids is 1. The van der Waals surface area contributed by atoms with Gasteiger partial charge in [0.2, 0.25) is 5.89 Å². The second-order valence-corrected chi connectivity index (χ2v) is 4.52. The number of amides is 1. The summed E-state index contributed by atoms with van der Waals surface area (Å²) in [4.78, 5) is 28.4. The van der Waals surface area contributed by atoms with Crippen LogP contribution in [0.3, 0.4) is 0 Å². The first-order valence-corrected chi connectivity index (χ1v) is 6.62. The van der Waals surface area contributed by atoms with Crippen LogP contribution in [0.5, 0.6) is 0 Å². The maximum absolute atomic E-state index is 12.3. The van der Waals surface area contributed by atoms with Gasteiger partial charge in [0.25, 0.3) is 5.91 Å². The second kappa shape index (κ2) is 7.37. The van der Waals surface area contributed by atoms with Gasteiger partial charge in [0.1, 0.15) is 12.8 Å². The Labute approximate surface area is 127 Å². The van der Waals surface area contributed by atoms with Crippen LogP contribution in [0.1, 0.15) is 10.5 Å². The van der Waals surface area contributed by atoms with Crippen LogP contribution in [-0.2, 0) is 9.53 Å². The van der Waals surface area contributed by atoms with E-state index in [1.807, 2.05) is 18.2 Å². The molecular weight excluding hydrogens is 288 g/mol. The largest absolute Gasteiger partial charge is 0.480 e. The van der Waals surface area contributed by atoms with Gasteiger partial charge in [-0.15, -0.1) is 0 Å². The summed E-state index contributed by atoms with van der Waals surface area (Å²) in [5.74, 6) is -1.30. The second-order valence-electron chi connectivity index (χ2n) is 4.52. The van der Waals surface area contributed by atoms with E-state index in [2.05, 4.69) is 4.98 Å². The molecule has 0 radical (unpaired) electrons. The van der Waals surface area contributed by atoms with Gasteiger partial charge in [-0.2, -0.15) is 0 Å². The Bertz CT molecular complexity index is 638. The molecule has 0 bridgehead atoms. The van der Waals surface area contributed by atoms with Gasteiger partial charge in [0.05, 0.1) is 6.61 Å². The summed E-state index contributed by atoms with van der Waals surface area (Å²) in [6, 6.07) is 9.13. The summed E-state index contributed by atoms with van der Waals surface area (Å²) >= 11 is 0. The molecular formula is C15H16N2O5. The smallest absolute Gasteiger partial charge is 0.323 e. The van der Waals surface area contributed by atoms with Gasteiger partial charge in [-0.3, -0.25) is 9.59 Å². The lowest BCUT2D eigenvalue weighted by molar-refractivity contribution is -0.137. The van der Waals surface area contributed by atoms with Crippen LogP contribution >= 0.6 is 0 Å². The van der Waals surface area contributed by atoms with Gasteiger partial charge in [0, 0.05) is 19.2 Å². The molecule has 1 aromatic heterocycles. The molecule has 1 heterocycles. The lowest BCUT2D eigenvalue weighted by Crippen LogP contribution is -2.38. The first-order chi connectivity index (χ1) is 10.6. The fraction of sp³-hybridized carbons (Fsp3) is 0.267. The van der Waals surface area contributed by atoms with Gasteiger partial charge < -0.3 is 19.2 Å². The van der Waals surface area contributed by atoms with Crippen LogP contribution in [-0.4, -0.2) is 53.7 Å². The topological polar surface area (TPSA) is 92.9 Å². The number of ether oxygens (including phenoxy) is 1. The predicted octanol–water partition coefficient (Wildman–Crippen LogP) is 1.51. The summed E-state index contributed by atoms with van der Waals surface area (Å²) < 4.78 is 10.2. The summed E-state index contributed by atoms with van der Waals surface area (Å²) in [6.07, 6.45) is 1.23. The monoisotopic (exact) mass is 304 g/mol. The maximum atomic E-state index is 12.3. The van der Waals surface area contributed by atoms with Gasteiger partial charge in [-0.05, 0) is 12.1 Å². The van der Waals surface area contributed by atoms with E-state index in [1.165, 1.54) is 13.4 Å². The van der Waals surface area contributed by atoms with Crippen molar-refractivity contribution < 1.29 is 23.8 Å². The molecule has 116 valence electrons. The summed E-state index contributed by atoms with van der Waals surface area (Å²) in [6.45, 7) is -0.0205. The number of aromatic nitrogens is 1. The Kier molecular flexibility index (Phi) is 5.26. The zero-order valence-electron chi connectivity index (χ0n) is 12.1. The molecule has 1 N–H and O–H groups in total. The number of carbonyl (C=O) groups is 2. The zero-order chi connectivity index (χ0) is 15.9. The van der Waals surface area contributed by atoms with Gasteiger partial charge in [0.15, 0.2) is 5.69 Å². The highest BCUT2D eigenvalue weighted by atomic mass is 16.5. The Morgan fingerprint density at radius 2 is 2.05 bits per heavy atom. The van der Waals surface area contributed by atoms with Crippen LogP contribution in [0.2, 0.25) is 0 Å². The van der Waals surface area contributed by atoms with Crippen molar-refractivity contribution in [2.75, 3.05) is 26.8 Å². The van der Waals surface area contributed by atoms with E-state index in [1.54, 1.807) is 12.1 Å². The zero-order valence-corrected chi connectivity index (χ0v) is 12.1. The Hall–Kier alpha value is -2.67. The molecule has 7 heteroatoms. The van der Waals surface area contributed by atoms with E-state index in [4.69, 9.17) is 14.3 Å². The molecule has 7 nitrogen and oxygen atoms in total. The maximum Gasteiger partial charge on any atom is 0.323 e. The fourth-order valence-electron chi connectivity index (χ4n) is 1.86. The highest BCUT2D eigenvalue weighted by Gasteiger charge is 2.22. The highest BCUT2D eigenvalue weighted by molar-refractivity contribution is 5.94. The molecule has 0 saturated carbocycles. The minimum atomic E-state index is -1.10. The molecule has 22 heavy (non-hydrogen) atoms. The number of benzene rings is 1. The number of hydrogen-bond donors (Lipinski definition) is 1. The van der Waals surface area contributed by atoms with E-state index in [0.29, 0.717) is 5.89 Å². The van der Waals surface area contributed by atoms with Crippen molar-refractivity contribution in [2.24, 2.45) is 0 Å². The van der Waals surface area contributed by atoms with Crippen molar-refractivity contribution >= 4 is 11.9 Å². The normalized spacial score (nSPS) is 10.4. The molecule has 0 aliphatic heterocycles. The van der Waals surface area contributed by atoms with E-state index in [0.717, 1.165) is 10.5 Å². The average molecular weight is 304 g/mol. The van der Waals surface area contributed by atoms with E-state index < -0.39 is 18.4 Å². The van der Waals surface area contributed by atoms with Crippen molar-refractivity contribution in [3.63, 3.8) is 0 Å². The number of carboxylic acids is 1. The molecule has 0 aliphatic rings. The van der Waals surface area contributed by atoms with Crippen molar-refractivity contribution in [1.29, 1.82) is 0 Å². The molecule has 0 atom stereocenters. The van der Waals surface area contributed by atoms with Crippen LogP contribution < -0.4 is 0 Å². The molecule has 1 amide bonds. The van der Waals surface area contributed by atoms with E-state index in [-0.39, 0.29) is 18.8 Å². The van der Waals surface area contributed by atoms with Crippen molar-refractivity contribution in [1.82, 2.24) is 9.88 Å². The lowest BCUT2D eigenvalue weighted by Gasteiger charge is -2.18. The van der Waals surface area contributed by atoms with Crippen LogP contribution in [0, 0.1) is 0 Å². The third kappa shape index (κ3) is 3.92. The Morgan fingerprint density at radius 3 is 2.68 bits per heavy atom. The molecule has 0 saturated heterocycles. The molecule has 0 unspecified atom stereocenters. The third-order valence-electron chi connectivity index (χ3n) is 2.92. The predicted molar refractivity (Wildman–Crippen MR) is 77.4 cm³/mol. The van der Waals surface area contributed by atoms with Crippen LogP contribution in [0.15, 0.2) is 41.0 Å². The molecule has 2 aromatic rings. The van der Waals surface area contributed by atoms with Crippen LogP contribution in [0.4, 0.5) is 0 Å². The Morgan fingerprint density at radius 1 is 1.32 bits per heavy atom. The minimum absolute atomic E-state index is 0.0659. The lowest BCUT2D eigenvalue weighted by atomic mass is 10.2. The molecule has 0 spiro atoms. The van der Waals surface area contributed by atoms with Crippen molar-refractivity contribution in [3.8, 4) is 11.5 Å². The van der Waals surface area contributed by atoms with Crippen LogP contribution in [0.25, 0.3) is 11.5 Å². The van der Waals surface area contributed by atoms with Gasteiger partial charge in [-0.25, -0.2) is 4.98 Å². The number of nitrogens with zero attached hydrogens (tertiary/aromatic N) is 2. The first kappa shape index (κ1) is 15.7. The number of aliphatic carboxylic acids is 1. The summed E-state index contributed by atoms with van der Waals surface area (Å²) in [5.41, 5.74) is 0.805. The number of hydrogen-bond acceptors (Lipinski definition) is 5. The SMILES string of the molecule is COCCN(CC(=O)O)C(=O)c1coc(-c2ccccc2)n1. The minimum Gasteiger partial charge on any atom is -0.480 e. The average Bonchev–Trinajstić information content (AvgIpc) is 3.01. The number of carboxylic acid groups (broad SMARTS) is 1. The summed E-state index contributed by atoms with van der Waals surface area (Å²) in [7, 11) is 1.48. The quantitative estimate of drug-likeness (QED) is 0.833. The number of methoxy groups -OCH3 is 1. The Balaban J connectivity index is 2.16.